The highest BCUT2D eigenvalue weighted by atomic mass is 16.4. The number of nitrogens with two attached hydrogens (primary N) is 2. The van der Waals surface area contributed by atoms with E-state index >= 15 is 0 Å². The number of primary amides is 1. The molecule has 0 aromatic heterocycles. The molecule has 0 spiro atoms. The standard InChI is InChI=1S/C10H19N3O4/c1-3-4-10(2,12)9(17)13-6(8(15)16)5-7(11)14/h6H,3-5,12H2,1-2H3,(H2,11,14)(H,13,17)(H,15,16). The molecule has 0 aliphatic carbocycles. The van der Waals surface area contributed by atoms with Gasteiger partial charge in [-0.1, -0.05) is 13.3 Å². The molecule has 0 aliphatic heterocycles. The van der Waals surface area contributed by atoms with E-state index in [1.165, 1.54) is 6.92 Å². The Kier molecular flexibility index (Phi) is 5.60. The first-order valence-corrected chi connectivity index (χ1v) is 5.31. The predicted molar refractivity (Wildman–Crippen MR) is 60.9 cm³/mol. The van der Waals surface area contributed by atoms with Gasteiger partial charge in [0.05, 0.1) is 12.0 Å². The van der Waals surface area contributed by atoms with Gasteiger partial charge in [0.2, 0.25) is 11.8 Å². The van der Waals surface area contributed by atoms with Crippen LogP contribution < -0.4 is 16.8 Å². The third-order valence-corrected chi connectivity index (χ3v) is 2.30. The lowest BCUT2D eigenvalue weighted by Gasteiger charge is -2.25. The quantitative estimate of drug-likeness (QED) is 0.453. The Balaban J connectivity index is 4.60. The normalized spacial score (nSPS) is 15.7. The van der Waals surface area contributed by atoms with Crippen molar-refractivity contribution < 1.29 is 19.5 Å². The maximum Gasteiger partial charge on any atom is 0.326 e. The highest BCUT2D eigenvalue weighted by molar-refractivity contribution is 5.91. The molecule has 17 heavy (non-hydrogen) atoms. The summed E-state index contributed by atoms with van der Waals surface area (Å²) in [6.07, 6.45) is 0.652. The molecule has 0 fully saturated rings. The molecule has 0 rings (SSSR count). The van der Waals surface area contributed by atoms with Crippen LogP contribution in [0, 0.1) is 0 Å². The fraction of sp³-hybridized carbons (Fsp3) is 0.700. The fourth-order valence-corrected chi connectivity index (χ4v) is 1.36. The maximum absolute atomic E-state index is 11.7. The summed E-state index contributed by atoms with van der Waals surface area (Å²) in [5, 5.41) is 11.0. The number of rotatable bonds is 7. The topological polar surface area (TPSA) is 136 Å². The molecule has 0 aliphatic rings. The van der Waals surface area contributed by atoms with E-state index < -0.39 is 35.8 Å². The first kappa shape index (κ1) is 15.4. The van der Waals surface area contributed by atoms with Crippen molar-refractivity contribution in [2.75, 3.05) is 0 Å². The molecule has 0 radical (unpaired) electrons. The van der Waals surface area contributed by atoms with Crippen molar-refractivity contribution in [1.29, 1.82) is 0 Å². The lowest BCUT2D eigenvalue weighted by atomic mass is 9.96. The minimum absolute atomic E-state index is 0.418. The molecule has 0 heterocycles. The van der Waals surface area contributed by atoms with Crippen molar-refractivity contribution in [1.82, 2.24) is 5.32 Å². The van der Waals surface area contributed by atoms with E-state index in [9.17, 15) is 14.4 Å². The molecular weight excluding hydrogens is 226 g/mol. The zero-order valence-corrected chi connectivity index (χ0v) is 10.0. The van der Waals surface area contributed by atoms with Crippen molar-refractivity contribution >= 4 is 17.8 Å². The van der Waals surface area contributed by atoms with Crippen molar-refractivity contribution in [3.63, 3.8) is 0 Å². The van der Waals surface area contributed by atoms with Crippen molar-refractivity contribution in [2.24, 2.45) is 11.5 Å². The molecule has 0 bridgehead atoms. The average molecular weight is 245 g/mol. The minimum atomic E-state index is -1.33. The van der Waals surface area contributed by atoms with Crippen LogP contribution in [0.2, 0.25) is 0 Å². The number of hydrogen-bond donors (Lipinski definition) is 4. The molecule has 0 saturated heterocycles. The van der Waals surface area contributed by atoms with Crippen LogP contribution >= 0.6 is 0 Å². The summed E-state index contributed by atoms with van der Waals surface area (Å²) in [5.41, 5.74) is 9.47. The Bertz CT molecular complexity index is 315. The number of carbonyl (C=O) groups is 3. The second-order valence-electron chi connectivity index (χ2n) is 4.20. The van der Waals surface area contributed by atoms with Crippen molar-refractivity contribution in [3.05, 3.63) is 0 Å². The summed E-state index contributed by atoms with van der Waals surface area (Å²) in [6, 6.07) is -1.33. The first-order valence-electron chi connectivity index (χ1n) is 5.31. The smallest absolute Gasteiger partial charge is 0.326 e. The lowest BCUT2D eigenvalue weighted by Crippen LogP contribution is -2.56. The van der Waals surface area contributed by atoms with Gasteiger partial charge < -0.3 is 21.9 Å². The van der Waals surface area contributed by atoms with Gasteiger partial charge in [-0.2, -0.15) is 0 Å². The fourth-order valence-electron chi connectivity index (χ4n) is 1.36. The highest BCUT2D eigenvalue weighted by Crippen LogP contribution is 2.09. The van der Waals surface area contributed by atoms with Crippen molar-refractivity contribution in [2.45, 2.75) is 44.7 Å². The Labute approximate surface area is 99.5 Å². The first-order chi connectivity index (χ1) is 7.70. The number of amides is 2. The maximum atomic E-state index is 11.7. The summed E-state index contributed by atoms with van der Waals surface area (Å²) >= 11 is 0. The van der Waals surface area contributed by atoms with Gasteiger partial charge in [-0.15, -0.1) is 0 Å². The molecule has 0 aromatic rings. The summed E-state index contributed by atoms with van der Waals surface area (Å²) in [6.45, 7) is 3.37. The molecule has 98 valence electrons. The van der Waals surface area contributed by atoms with Gasteiger partial charge >= 0.3 is 5.97 Å². The molecule has 2 amide bonds. The molecule has 7 heteroatoms. The third-order valence-electron chi connectivity index (χ3n) is 2.30. The largest absolute Gasteiger partial charge is 0.480 e. The van der Waals surface area contributed by atoms with Crippen LogP contribution in [-0.4, -0.2) is 34.5 Å². The second-order valence-corrected chi connectivity index (χ2v) is 4.20. The second kappa shape index (κ2) is 6.19. The molecule has 2 atom stereocenters. The Morgan fingerprint density at radius 2 is 1.94 bits per heavy atom. The summed E-state index contributed by atoms with van der Waals surface area (Å²) in [5.74, 6) is -2.72. The SMILES string of the molecule is CCCC(C)(N)C(=O)NC(CC(N)=O)C(=O)O. The number of carbonyl (C=O) groups excluding carboxylic acids is 2. The van der Waals surface area contributed by atoms with Gasteiger partial charge in [-0.05, 0) is 13.3 Å². The Hall–Kier alpha value is -1.63. The van der Waals surface area contributed by atoms with Crippen LogP contribution in [-0.2, 0) is 14.4 Å². The van der Waals surface area contributed by atoms with Crippen LogP contribution in [0.5, 0.6) is 0 Å². The van der Waals surface area contributed by atoms with Gasteiger partial charge in [0.15, 0.2) is 0 Å². The van der Waals surface area contributed by atoms with Crippen LogP contribution in [0.3, 0.4) is 0 Å². The number of aliphatic carboxylic acids is 1. The van der Waals surface area contributed by atoms with Crippen LogP contribution in [0.25, 0.3) is 0 Å². The van der Waals surface area contributed by atoms with E-state index in [4.69, 9.17) is 16.6 Å². The van der Waals surface area contributed by atoms with E-state index in [0.29, 0.717) is 12.8 Å². The van der Waals surface area contributed by atoms with E-state index in [0.717, 1.165) is 0 Å². The Morgan fingerprint density at radius 3 is 2.29 bits per heavy atom. The van der Waals surface area contributed by atoms with Crippen LogP contribution in [0.15, 0.2) is 0 Å². The number of carboxylic acid groups (broad SMARTS) is 1. The van der Waals surface area contributed by atoms with Gasteiger partial charge in [-0.3, -0.25) is 9.59 Å². The monoisotopic (exact) mass is 245 g/mol. The Morgan fingerprint density at radius 1 is 1.41 bits per heavy atom. The van der Waals surface area contributed by atoms with Gasteiger partial charge in [0.1, 0.15) is 6.04 Å². The van der Waals surface area contributed by atoms with Crippen molar-refractivity contribution in [3.8, 4) is 0 Å². The van der Waals surface area contributed by atoms with Crippen LogP contribution in [0.4, 0.5) is 0 Å². The van der Waals surface area contributed by atoms with Gasteiger partial charge in [0, 0.05) is 0 Å². The molecule has 0 saturated carbocycles. The average Bonchev–Trinajstić information content (AvgIpc) is 2.15. The summed E-state index contributed by atoms with van der Waals surface area (Å²) in [7, 11) is 0. The molecule has 6 N–H and O–H groups in total. The molecule has 2 unspecified atom stereocenters. The highest BCUT2D eigenvalue weighted by Gasteiger charge is 2.31. The van der Waals surface area contributed by atoms with Gasteiger partial charge in [0.25, 0.3) is 0 Å². The van der Waals surface area contributed by atoms with E-state index in [1.54, 1.807) is 0 Å². The molecule has 7 nitrogen and oxygen atoms in total. The van der Waals surface area contributed by atoms with Crippen LogP contribution in [0.1, 0.15) is 33.1 Å². The number of nitrogens with one attached hydrogen (secondary N) is 1. The lowest BCUT2D eigenvalue weighted by molar-refractivity contribution is -0.144. The zero-order chi connectivity index (χ0) is 13.6. The molecule has 0 aromatic carbocycles. The minimum Gasteiger partial charge on any atom is -0.480 e. The zero-order valence-electron chi connectivity index (χ0n) is 10.0. The predicted octanol–water partition coefficient (Wildman–Crippen LogP) is -1.05. The summed E-state index contributed by atoms with van der Waals surface area (Å²) in [4.78, 5) is 33.1. The van der Waals surface area contributed by atoms with E-state index in [-0.39, 0.29) is 0 Å². The number of hydrogen-bond acceptors (Lipinski definition) is 4. The molecular formula is C10H19N3O4. The number of carboxylic acids is 1. The third kappa shape index (κ3) is 5.30. The van der Waals surface area contributed by atoms with Gasteiger partial charge in [-0.25, -0.2) is 4.79 Å². The summed E-state index contributed by atoms with van der Waals surface area (Å²) < 4.78 is 0. The van der Waals surface area contributed by atoms with E-state index in [1.807, 2.05) is 6.92 Å². The van der Waals surface area contributed by atoms with E-state index in [2.05, 4.69) is 5.32 Å².